The lowest BCUT2D eigenvalue weighted by Crippen LogP contribution is -2.23. The van der Waals surface area contributed by atoms with Crippen LogP contribution >= 0.6 is 0 Å². The van der Waals surface area contributed by atoms with E-state index in [0.717, 1.165) is 17.2 Å². The molecule has 0 aliphatic carbocycles. The van der Waals surface area contributed by atoms with Gasteiger partial charge in [0.1, 0.15) is 0 Å². The summed E-state index contributed by atoms with van der Waals surface area (Å²) in [5.74, 6) is -1.49. The van der Waals surface area contributed by atoms with Crippen LogP contribution in [0.1, 0.15) is 18.1 Å². The second-order valence-electron chi connectivity index (χ2n) is 3.83. The Balaban J connectivity index is 2.54. The van der Waals surface area contributed by atoms with Crippen molar-refractivity contribution in [2.75, 3.05) is 0 Å². The van der Waals surface area contributed by atoms with Crippen molar-refractivity contribution >= 4 is 11.9 Å². The van der Waals surface area contributed by atoms with Crippen LogP contribution in [0.4, 0.5) is 0 Å². The van der Waals surface area contributed by atoms with E-state index in [0.29, 0.717) is 6.54 Å². The first kappa shape index (κ1) is 13.0. The van der Waals surface area contributed by atoms with Gasteiger partial charge in [0, 0.05) is 18.2 Å². The van der Waals surface area contributed by atoms with Gasteiger partial charge in [-0.05, 0) is 19.4 Å². The van der Waals surface area contributed by atoms with Gasteiger partial charge >= 0.3 is 5.97 Å². The molecule has 1 aromatic carbocycles. The fourth-order valence-electron chi connectivity index (χ4n) is 1.28. The number of amides is 1. The van der Waals surface area contributed by atoms with Crippen LogP contribution in [-0.2, 0) is 16.1 Å². The lowest BCUT2D eigenvalue weighted by molar-refractivity contribution is -0.131. The lowest BCUT2D eigenvalue weighted by Gasteiger charge is -2.05. The fourth-order valence-corrected chi connectivity index (χ4v) is 1.28. The van der Waals surface area contributed by atoms with E-state index in [9.17, 15) is 9.59 Å². The van der Waals surface area contributed by atoms with Crippen molar-refractivity contribution in [1.82, 2.24) is 5.32 Å². The van der Waals surface area contributed by atoms with Crippen LogP contribution in [0, 0.1) is 6.92 Å². The molecule has 4 heteroatoms. The third kappa shape index (κ3) is 4.51. The van der Waals surface area contributed by atoms with E-state index in [4.69, 9.17) is 5.11 Å². The smallest absolute Gasteiger partial charge is 0.328 e. The van der Waals surface area contributed by atoms with Crippen LogP contribution in [0.5, 0.6) is 0 Å². The van der Waals surface area contributed by atoms with E-state index < -0.39 is 5.97 Å². The Labute approximate surface area is 100.0 Å². The molecule has 1 amide bonds. The Kier molecular flexibility index (Phi) is 4.46. The third-order valence-corrected chi connectivity index (χ3v) is 2.27. The normalized spacial score (nSPS) is 11.1. The maximum atomic E-state index is 11.5. The zero-order valence-corrected chi connectivity index (χ0v) is 9.86. The summed E-state index contributed by atoms with van der Waals surface area (Å²) in [5, 5.41) is 11.1. The summed E-state index contributed by atoms with van der Waals surface area (Å²) in [6, 6.07) is 7.76. The molecule has 0 heterocycles. The number of aliphatic carboxylic acids is 1. The van der Waals surface area contributed by atoms with Crippen molar-refractivity contribution in [3.8, 4) is 0 Å². The summed E-state index contributed by atoms with van der Waals surface area (Å²) in [6.07, 6.45) is 0.893. The number of hydrogen-bond donors (Lipinski definition) is 2. The van der Waals surface area contributed by atoms with Gasteiger partial charge in [-0.1, -0.05) is 29.8 Å². The molecule has 0 aromatic heterocycles. The number of carbonyl (C=O) groups excluding carboxylic acids is 1. The van der Waals surface area contributed by atoms with Crippen molar-refractivity contribution in [3.05, 3.63) is 47.0 Å². The van der Waals surface area contributed by atoms with E-state index in [2.05, 4.69) is 5.32 Å². The lowest BCUT2D eigenvalue weighted by atomic mass is 10.1. The van der Waals surface area contributed by atoms with Gasteiger partial charge < -0.3 is 10.4 Å². The molecule has 0 aliphatic heterocycles. The minimum absolute atomic E-state index is 0.185. The number of carbonyl (C=O) groups is 2. The highest BCUT2D eigenvalue weighted by Gasteiger charge is 2.05. The van der Waals surface area contributed by atoms with Crippen molar-refractivity contribution in [1.29, 1.82) is 0 Å². The maximum Gasteiger partial charge on any atom is 0.328 e. The van der Waals surface area contributed by atoms with Gasteiger partial charge in [0.25, 0.3) is 0 Å². The minimum atomic E-state index is -1.12. The average Bonchev–Trinajstić information content (AvgIpc) is 2.27. The second kappa shape index (κ2) is 5.84. The molecule has 2 N–H and O–H groups in total. The molecule has 1 aromatic rings. The summed E-state index contributed by atoms with van der Waals surface area (Å²) in [5.41, 5.74) is 2.32. The molecule has 1 rings (SSSR count). The zero-order chi connectivity index (χ0) is 12.8. The molecule has 0 aliphatic rings. The molecule has 90 valence electrons. The van der Waals surface area contributed by atoms with Crippen molar-refractivity contribution in [2.45, 2.75) is 20.4 Å². The SMILES string of the molecule is C/C(=C/C(=O)O)C(=O)NCc1ccc(C)cc1. The van der Waals surface area contributed by atoms with Gasteiger partial charge in [0.2, 0.25) is 5.91 Å². The van der Waals surface area contributed by atoms with Crippen molar-refractivity contribution < 1.29 is 14.7 Å². The van der Waals surface area contributed by atoms with E-state index in [1.54, 1.807) is 0 Å². The van der Waals surface area contributed by atoms with Crippen LogP contribution in [0.15, 0.2) is 35.9 Å². The van der Waals surface area contributed by atoms with Crippen LogP contribution in [0.25, 0.3) is 0 Å². The van der Waals surface area contributed by atoms with Gasteiger partial charge in [-0.25, -0.2) is 4.79 Å². The highest BCUT2D eigenvalue weighted by Crippen LogP contribution is 2.03. The van der Waals surface area contributed by atoms with Crippen LogP contribution < -0.4 is 5.32 Å². The zero-order valence-electron chi connectivity index (χ0n) is 9.86. The minimum Gasteiger partial charge on any atom is -0.478 e. The highest BCUT2D eigenvalue weighted by molar-refractivity contribution is 5.98. The van der Waals surface area contributed by atoms with Gasteiger partial charge in [0.05, 0.1) is 0 Å². The predicted octanol–water partition coefficient (Wildman–Crippen LogP) is 1.64. The molecule has 0 atom stereocenters. The van der Waals surface area contributed by atoms with Gasteiger partial charge in [-0.2, -0.15) is 0 Å². The monoisotopic (exact) mass is 233 g/mol. The number of aryl methyl sites for hydroxylation is 1. The molecule has 0 bridgehead atoms. The standard InChI is InChI=1S/C13H15NO3/c1-9-3-5-11(6-4-9)8-14-13(17)10(2)7-12(15)16/h3-7H,8H2,1-2H3,(H,14,17)(H,15,16)/b10-7-. The van der Waals surface area contributed by atoms with E-state index in [-0.39, 0.29) is 11.5 Å². The molecule has 0 spiro atoms. The van der Waals surface area contributed by atoms with E-state index in [1.807, 2.05) is 31.2 Å². The topological polar surface area (TPSA) is 66.4 Å². The second-order valence-corrected chi connectivity index (χ2v) is 3.83. The summed E-state index contributed by atoms with van der Waals surface area (Å²) in [7, 11) is 0. The Bertz CT molecular complexity index is 446. The molecule has 17 heavy (non-hydrogen) atoms. The maximum absolute atomic E-state index is 11.5. The van der Waals surface area contributed by atoms with E-state index >= 15 is 0 Å². The first-order valence-corrected chi connectivity index (χ1v) is 5.24. The number of hydrogen-bond acceptors (Lipinski definition) is 2. The fraction of sp³-hybridized carbons (Fsp3) is 0.231. The first-order chi connectivity index (χ1) is 7.99. The highest BCUT2D eigenvalue weighted by atomic mass is 16.4. The Morgan fingerprint density at radius 1 is 1.29 bits per heavy atom. The summed E-state index contributed by atoms with van der Waals surface area (Å²) in [6.45, 7) is 3.85. The van der Waals surface area contributed by atoms with Crippen molar-refractivity contribution in [2.24, 2.45) is 0 Å². The number of carboxylic acid groups (broad SMARTS) is 1. The Morgan fingerprint density at radius 2 is 1.88 bits per heavy atom. The molecule has 0 saturated carbocycles. The number of carboxylic acids is 1. The number of nitrogens with one attached hydrogen (secondary N) is 1. The molecular formula is C13H15NO3. The molecule has 0 fully saturated rings. The van der Waals surface area contributed by atoms with Gasteiger partial charge in [-0.15, -0.1) is 0 Å². The summed E-state index contributed by atoms with van der Waals surface area (Å²) >= 11 is 0. The van der Waals surface area contributed by atoms with E-state index in [1.165, 1.54) is 6.92 Å². The van der Waals surface area contributed by atoms with Gasteiger partial charge in [-0.3, -0.25) is 4.79 Å². The first-order valence-electron chi connectivity index (χ1n) is 5.24. The number of rotatable bonds is 4. The van der Waals surface area contributed by atoms with Crippen LogP contribution in [0.3, 0.4) is 0 Å². The van der Waals surface area contributed by atoms with Gasteiger partial charge in [0.15, 0.2) is 0 Å². The van der Waals surface area contributed by atoms with Crippen LogP contribution in [0.2, 0.25) is 0 Å². The molecule has 0 radical (unpaired) electrons. The molecule has 0 unspecified atom stereocenters. The summed E-state index contributed by atoms with van der Waals surface area (Å²) in [4.78, 5) is 21.8. The average molecular weight is 233 g/mol. The molecule has 4 nitrogen and oxygen atoms in total. The predicted molar refractivity (Wildman–Crippen MR) is 64.4 cm³/mol. The molecule has 0 saturated heterocycles. The Morgan fingerprint density at radius 3 is 2.41 bits per heavy atom. The van der Waals surface area contributed by atoms with Crippen LogP contribution in [-0.4, -0.2) is 17.0 Å². The number of benzene rings is 1. The Hall–Kier alpha value is -2.10. The summed E-state index contributed by atoms with van der Waals surface area (Å²) < 4.78 is 0. The molecular weight excluding hydrogens is 218 g/mol. The largest absolute Gasteiger partial charge is 0.478 e. The quantitative estimate of drug-likeness (QED) is 0.777. The third-order valence-electron chi connectivity index (χ3n) is 2.27. The van der Waals surface area contributed by atoms with Crippen molar-refractivity contribution in [3.63, 3.8) is 0 Å².